The van der Waals surface area contributed by atoms with E-state index >= 15 is 0 Å². The number of aromatic nitrogens is 4. The van der Waals surface area contributed by atoms with Gasteiger partial charge in [-0.05, 0) is 20.6 Å². The van der Waals surface area contributed by atoms with Crippen molar-refractivity contribution in [3.8, 4) is 11.8 Å². The van der Waals surface area contributed by atoms with Gasteiger partial charge in [0.05, 0.1) is 14.2 Å². The predicted octanol–water partition coefficient (Wildman–Crippen LogP) is 0.605. The van der Waals surface area contributed by atoms with Gasteiger partial charge in [-0.15, -0.1) is 5.11 Å². The third kappa shape index (κ3) is 2.18. The molecule has 2 rings (SSSR count). The average Bonchev–Trinajstić information content (AvgIpc) is 3.03. The highest BCUT2D eigenvalue weighted by Crippen LogP contribution is 2.25. The zero-order chi connectivity index (χ0) is 13.0. The largest absolute Gasteiger partial charge is 0.476 e. The number of methoxy groups -OCH3 is 2. The molecular formula is C7H9N7O4. The minimum Gasteiger partial charge on any atom is -0.476 e. The Morgan fingerprint density at radius 2 is 1.67 bits per heavy atom. The molecule has 0 radical (unpaired) electrons. The summed E-state index contributed by atoms with van der Waals surface area (Å²) in [5.74, 6) is 0.663. The van der Waals surface area contributed by atoms with Crippen molar-refractivity contribution in [2.75, 3.05) is 26.3 Å². The Bertz CT molecular complexity index is 535. The molecule has 18 heavy (non-hydrogen) atoms. The lowest BCUT2D eigenvalue weighted by atomic mass is 10.7. The summed E-state index contributed by atoms with van der Waals surface area (Å²) in [6, 6.07) is 0. The molecule has 0 aliphatic heterocycles. The summed E-state index contributed by atoms with van der Waals surface area (Å²) in [5, 5.41) is 22.9. The molecule has 96 valence electrons. The maximum atomic E-state index is 4.91. The Labute approximate surface area is 100 Å². The van der Waals surface area contributed by atoms with Crippen LogP contribution in [0.5, 0.6) is 11.8 Å². The lowest BCUT2D eigenvalue weighted by Gasteiger charge is -2.05. The SMILES string of the molecule is COc1nonc1N=NN(C)c1nonc1OC. The van der Waals surface area contributed by atoms with Crippen molar-refractivity contribution in [1.82, 2.24) is 20.6 Å². The van der Waals surface area contributed by atoms with E-state index in [-0.39, 0.29) is 23.4 Å². The van der Waals surface area contributed by atoms with Crippen LogP contribution in [0.1, 0.15) is 0 Å². The highest BCUT2D eigenvalue weighted by Gasteiger charge is 2.15. The highest BCUT2D eigenvalue weighted by atomic mass is 16.6. The molecule has 2 heterocycles. The van der Waals surface area contributed by atoms with Crippen molar-refractivity contribution in [1.29, 1.82) is 0 Å². The summed E-state index contributed by atoms with van der Waals surface area (Å²) in [5.41, 5.74) is 0. The van der Waals surface area contributed by atoms with Crippen molar-refractivity contribution in [3.63, 3.8) is 0 Å². The molecule has 0 aliphatic rings. The van der Waals surface area contributed by atoms with E-state index in [0.717, 1.165) is 0 Å². The van der Waals surface area contributed by atoms with E-state index in [4.69, 9.17) is 9.47 Å². The Hall–Kier alpha value is -2.72. The molecule has 0 aliphatic carbocycles. The minimum absolute atomic E-state index is 0.0970. The van der Waals surface area contributed by atoms with Gasteiger partial charge in [0.15, 0.2) is 0 Å². The van der Waals surface area contributed by atoms with Crippen LogP contribution >= 0.6 is 0 Å². The Kier molecular flexibility index (Phi) is 3.31. The van der Waals surface area contributed by atoms with E-state index < -0.39 is 0 Å². The number of hydrogen-bond acceptors (Lipinski definition) is 10. The number of anilines is 1. The molecule has 11 nitrogen and oxygen atoms in total. The van der Waals surface area contributed by atoms with Crippen LogP contribution in [0.4, 0.5) is 11.6 Å². The first-order chi connectivity index (χ1) is 8.76. The minimum atomic E-state index is 0.0970. The van der Waals surface area contributed by atoms with E-state index in [0.29, 0.717) is 0 Å². The maximum absolute atomic E-state index is 4.91. The van der Waals surface area contributed by atoms with Crippen LogP contribution in [0.15, 0.2) is 19.6 Å². The molecule has 2 aromatic rings. The fourth-order valence-electron chi connectivity index (χ4n) is 1.02. The van der Waals surface area contributed by atoms with Crippen molar-refractivity contribution in [2.45, 2.75) is 0 Å². The fourth-order valence-corrected chi connectivity index (χ4v) is 1.02. The summed E-state index contributed by atoms with van der Waals surface area (Å²) < 4.78 is 18.7. The number of ether oxygens (including phenoxy) is 2. The molecule has 0 aromatic carbocycles. The van der Waals surface area contributed by atoms with Gasteiger partial charge in [-0.2, -0.15) is 0 Å². The summed E-state index contributed by atoms with van der Waals surface area (Å²) in [6.07, 6.45) is 0. The highest BCUT2D eigenvalue weighted by molar-refractivity contribution is 5.44. The van der Waals surface area contributed by atoms with Crippen LogP contribution in [0.3, 0.4) is 0 Å². The van der Waals surface area contributed by atoms with Crippen LogP contribution < -0.4 is 14.5 Å². The van der Waals surface area contributed by atoms with Crippen LogP contribution in [0.25, 0.3) is 0 Å². The van der Waals surface area contributed by atoms with Gasteiger partial charge in [0.25, 0.3) is 11.6 Å². The molecule has 0 unspecified atom stereocenters. The first-order valence-electron chi connectivity index (χ1n) is 4.64. The Morgan fingerprint density at radius 1 is 1.00 bits per heavy atom. The zero-order valence-corrected chi connectivity index (χ0v) is 9.76. The summed E-state index contributed by atoms with van der Waals surface area (Å²) in [6.45, 7) is 0. The molecule has 11 heteroatoms. The van der Waals surface area contributed by atoms with Crippen LogP contribution in [-0.4, -0.2) is 41.9 Å². The molecule has 0 N–H and O–H groups in total. The van der Waals surface area contributed by atoms with Gasteiger partial charge in [-0.1, -0.05) is 5.22 Å². The standard InChI is InChI=1S/C7H9N7O4/c1-14(5-7(16-3)12-18-10-5)13-8-4-6(15-2)11-17-9-4/h1-3H3. The second kappa shape index (κ2) is 5.07. The smallest absolute Gasteiger partial charge is 0.304 e. The summed E-state index contributed by atoms with van der Waals surface area (Å²) in [4.78, 5) is 0. The third-order valence-corrected chi connectivity index (χ3v) is 1.85. The fraction of sp³-hybridized carbons (Fsp3) is 0.429. The molecule has 2 aromatic heterocycles. The van der Waals surface area contributed by atoms with E-state index in [2.05, 4.69) is 40.2 Å². The first-order valence-corrected chi connectivity index (χ1v) is 4.64. The quantitative estimate of drug-likeness (QED) is 0.557. The maximum Gasteiger partial charge on any atom is 0.304 e. The third-order valence-electron chi connectivity index (χ3n) is 1.85. The molecule has 0 saturated carbocycles. The van der Waals surface area contributed by atoms with Gasteiger partial charge in [0.1, 0.15) is 0 Å². The van der Waals surface area contributed by atoms with Crippen molar-refractivity contribution >= 4 is 11.6 Å². The predicted molar refractivity (Wildman–Crippen MR) is 54.6 cm³/mol. The molecule has 0 atom stereocenters. The normalized spacial score (nSPS) is 10.8. The van der Waals surface area contributed by atoms with Crippen molar-refractivity contribution in [2.24, 2.45) is 10.3 Å². The number of nitrogens with zero attached hydrogens (tertiary/aromatic N) is 7. The van der Waals surface area contributed by atoms with Crippen molar-refractivity contribution < 1.29 is 18.7 Å². The molecular weight excluding hydrogens is 246 g/mol. The monoisotopic (exact) mass is 255 g/mol. The summed E-state index contributed by atoms with van der Waals surface area (Å²) in [7, 11) is 4.41. The van der Waals surface area contributed by atoms with Gasteiger partial charge in [0.2, 0.25) is 0 Å². The second-order valence-electron chi connectivity index (χ2n) is 2.91. The molecule has 0 fully saturated rings. The molecule has 0 spiro atoms. The van der Waals surface area contributed by atoms with Crippen LogP contribution in [0.2, 0.25) is 0 Å². The number of rotatable bonds is 5. The molecule has 0 amide bonds. The average molecular weight is 255 g/mol. The number of hydrogen-bond donors (Lipinski definition) is 0. The van der Waals surface area contributed by atoms with E-state index in [1.165, 1.54) is 19.2 Å². The molecule has 0 saturated heterocycles. The van der Waals surface area contributed by atoms with Crippen LogP contribution in [0, 0.1) is 0 Å². The lowest BCUT2D eigenvalue weighted by Crippen LogP contribution is -2.08. The van der Waals surface area contributed by atoms with E-state index in [9.17, 15) is 0 Å². The molecule has 0 bridgehead atoms. The Balaban J connectivity index is 2.14. The van der Waals surface area contributed by atoms with Gasteiger partial charge in [-0.25, -0.2) is 14.3 Å². The van der Waals surface area contributed by atoms with Gasteiger partial charge >= 0.3 is 11.8 Å². The van der Waals surface area contributed by atoms with Gasteiger partial charge in [0, 0.05) is 7.05 Å². The van der Waals surface area contributed by atoms with Crippen LogP contribution in [-0.2, 0) is 0 Å². The topological polar surface area (TPSA) is 124 Å². The second-order valence-corrected chi connectivity index (χ2v) is 2.91. The summed E-state index contributed by atoms with van der Waals surface area (Å²) >= 11 is 0. The zero-order valence-electron chi connectivity index (χ0n) is 9.76. The van der Waals surface area contributed by atoms with Gasteiger partial charge in [-0.3, -0.25) is 0 Å². The van der Waals surface area contributed by atoms with E-state index in [1.54, 1.807) is 7.05 Å². The van der Waals surface area contributed by atoms with E-state index in [1.807, 2.05) is 0 Å². The Morgan fingerprint density at radius 3 is 2.39 bits per heavy atom. The lowest BCUT2D eigenvalue weighted by molar-refractivity contribution is 0.281. The van der Waals surface area contributed by atoms with Crippen molar-refractivity contribution in [3.05, 3.63) is 0 Å². The first kappa shape index (κ1) is 11.8. The van der Waals surface area contributed by atoms with Gasteiger partial charge < -0.3 is 9.47 Å².